The standard InChI is InChI=1S/C25H27N3O3S2/c29-25(27-14-12-26(13-15-27)19-23-8-4-16-32-23)21-7-3-9-24(17-21)33(30,31)28-11-10-20-5-1-2-6-22(20)18-28/h1-9,16-17H,10-15,18-19H2. The number of amides is 1. The first kappa shape index (κ1) is 22.3. The molecule has 1 aromatic heterocycles. The number of rotatable bonds is 5. The van der Waals surface area contributed by atoms with Crippen molar-refractivity contribution in [3.8, 4) is 0 Å². The van der Waals surface area contributed by atoms with Crippen molar-refractivity contribution in [1.82, 2.24) is 14.1 Å². The molecular formula is C25H27N3O3S2. The Hall–Kier alpha value is -2.52. The van der Waals surface area contributed by atoms with E-state index in [-0.39, 0.29) is 10.8 Å². The molecule has 2 aromatic carbocycles. The topological polar surface area (TPSA) is 60.9 Å². The summed E-state index contributed by atoms with van der Waals surface area (Å²) in [6, 6.07) is 18.7. The van der Waals surface area contributed by atoms with Crippen molar-refractivity contribution in [3.05, 3.63) is 87.6 Å². The molecule has 0 N–H and O–H groups in total. The second-order valence-corrected chi connectivity index (χ2v) is 11.5. The highest BCUT2D eigenvalue weighted by Gasteiger charge is 2.29. The second kappa shape index (κ2) is 9.38. The zero-order chi connectivity index (χ0) is 22.8. The Bertz CT molecular complexity index is 1230. The van der Waals surface area contributed by atoms with E-state index in [0.29, 0.717) is 38.2 Å². The van der Waals surface area contributed by atoms with E-state index in [1.165, 1.54) is 20.8 Å². The molecule has 0 saturated carbocycles. The molecule has 0 radical (unpaired) electrons. The first-order valence-corrected chi connectivity index (χ1v) is 13.5. The molecule has 1 amide bonds. The minimum absolute atomic E-state index is 0.105. The molecule has 1 fully saturated rings. The average Bonchev–Trinajstić information content (AvgIpc) is 3.37. The van der Waals surface area contributed by atoms with E-state index in [1.807, 2.05) is 23.1 Å². The van der Waals surface area contributed by atoms with Crippen molar-refractivity contribution in [2.75, 3.05) is 32.7 Å². The van der Waals surface area contributed by atoms with Gasteiger partial charge < -0.3 is 4.90 Å². The number of fused-ring (bicyclic) bond motifs is 1. The lowest BCUT2D eigenvalue weighted by atomic mass is 10.0. The number of sulfonamides is 1. The summed E-state index contributed by atoms with van der Waals surface area (Å²) in [5.41, 5.74) is 2.67. The van der Waals surface area contributed by atoms with Gasteiger partial charge in [-0.2, -0.15) is 4.31 Å². The summed E-state index contributed by atoms with van der Waals surface area (Å²) in [6.45, 7) is 4.64. The SMILES string of the molecule is O=C(c1cccc(S(=O)(=O)N2CCc3ccccc3C2)c1)N1CCN(Cc2cccs2)CC1. The van der Waals surface area contributed by atoms with Crippen molar-refractivity contribution in [2.24, 2.45) is 0 Å². The van der Waals surface area contributed by atoms with E-state index in [0.717, 1.165) is 25.2 Å². The van der Waals surface area contributed by atoms with E-state index < -0.39 is 10.0 Å². The molecule has 3 aromatic rings. The Morgan fingerprint density at radius 2 is 1.67 bits per heavy atom. The van der Waals surface area contributed by atoms with E-state index in [2.05, 4.69) is 28.5 Å². The van der Waals surface area contributed by atoms with Gasteiger partial charge in [0.1, 0.15) is 0 Å². The van der Waals surface area contributed by atoms with Crippen molar-refractivity contribution >= 4 is 27.3 Å². The molecule has 3 heterocycles. The maximum absolute atomic E-state index is 13.3. The van der Waals surface area contributed by atoms with Crippen molar-refractivity contribution in [2.45, 2.75) is 24.4 Å². The van der Waals surface area contributed by atoms with Crippen LogP contribution in [0.4, 0.5) is 0 Å². The number of piperazine rings is 1. The number of carbonyl (C=O) groups excluding carboxylic acids is 1. The summed E-state index contributed by atoms with van der Waals surface area (Å²) in [4.78, 5) is 18.8. The molecule has 172 valence electrons. The van der Waals surface area contributed by atoms with E-state index in [4.69, 9.17) is 0 Å². The third-order valence-electron chi connectivity index (χ3n) is 6.43. The van der Waals surface area contributed by atoms with Crippen LogP contribution < -0.4 is 0 Å². The van der Waals surface area contributed by atoms with Crippen LogP contribution in [-0.2, 0) is 29.5 Å². The van der Waals surface area contributed by atoms with Crippen LogP contribution in [0.1, 0.15) is 26.4 Å². The summed E-state index contributed by atoms with van der Waals surface area (Å²) in [5, 5.41) is 2.08. The van der Waals surface area contributed by atoms with Crippen molar-refractivity contribution < 1.29 is 13.2 Å². The van der Waals surface area contributed by atoms with Crippen LogP contribution in [0.3, 0.4) is 0 Å². The number of hydrogen-bond donors (Lipinski definition) is 0. The van der Waals surface area contributed by atoms with Gasteiger partial charge in [0.15, 0.2) is 0 Å². The predicted octanol–water partition coefficient (Wildman–Crippen LogP) is 3.45. The Balaban J connectivity index is 1.27. The van der Waals surface area contributed by atoms with Crippen LogP contribution in [0.5, 0.6) is 0 Å². The Morgan fingerprint density at radius 1 is 0.879 bits per heavy atom. The minimum Gasteiger partial charge on any atom is -0.336 e. The van der Waals surface area contributed by atoms with Gasteiger partial charge in [-0.05, 0) is 47.2 Å². The first-order chi connectivity index (χ1) is 16.0. The molecule has 0 atom stereocenters. The van der Waals surface area contributed by atoms with Gasteiger partial charge in [-0.25, -0.2) is 8.42 Å². The van der Waals surface area contributed by atoms with Gasteiger partial charge in [0.25, 0.3) is 5.91 Å². The zero-order valence-electron chi connectivity index (χ0n) is 18.4. The number of carbonyl (C=O) groups is 1. The number of benzene rings is 2. The molecule has 6 nitrogen and oxygen atoms in total. The van der Waals surface area contributed by atoms with Crippen molar-refractivity contribution in [3.63, 3.8) is 0 Å². The molecule has 5 rings (SSSR count). The molecule has 0 bridgehead atoms. The molecule has 2 aliphatic heterocycles. The Kier molecular flexibility index (Phi) is 6.34. The molecule has 8 heteroatoms. The Labute approximate surface area is 199 Å². The van der Waals surface area contributed by atoms with Crippen LogP contribution in [-0.4, -0.2) is 61.2 Å². The fraction of sp³-hybridized carbons (Fsp3) is 0.320. The highest BCUT2D eigenvalue weighted by Crippen LogP contribution is 2.26. The lowest BCUT2D eigenvalue weighted by Gasteiger charge is -2.34. The number of thiophene rings is 1. The normalized spacial score (nSPS) is 17.6. The van der Waals surface area contributed by atoms with Gasteiger partial charge in [0.05, 0.1) is 4.90 Å². The van der Waals surface area contributed by atoms with Crippen LogP contribution >= 0.6 is 11.3 Å². The highest BCUT2D eigenvalue weighted by molar-refractivity contribution is 7.89. The maximum Gasteiger partial charge on any atom is 0.253 e. The lowest BCUT2D eigenvalue weighted by Crippen LogP contribution is -2.48. The van der Waals surface area contributed by atoms with Gasteiger partial charge in [-0.3, -0.25) is 9.69 Å². The van der Waals surface area contributed by atoms with Crippen molar-refractivity contribution in [1.29, 1.82) is 0 Å². The summed E-state index contributed by atoms with van der Waals surface area (Å²) in [5.74, 6) is -0.105. The van der Waals surface area contributed by atoms with Crippen LogP contribution in [0.15, 0.2) is 70.9 Å². The van der Waals surface area contributed by atoms with Gasteiger partial charge in [0, 0.05) is 56.3 Å². The molecule has 0 aliphatic carbocycles. The predicted molar refractivity (Wildman–Crippen MR) is 130 cm³/mol. The average molecular weight is 482 g/mol. The first-order valence-electron chi connectivity index (χ1n) is 11.2. The second-order valence-electron chi connectivity index (χ2n) is 8.53. The molecule has 0 spiro atoms. The van der Waals surface area contributed by atoms with E-state index >= 15 is 0 Å². The molecule has 0 unspecified atom stereocenters. The van der Waals surface area contributed by atoms with Crippen LogP contribution in [0.2, 0.25) is 0 Å². The quantitative estimate of drug-likeness (QED) is 0.560. The smallest absolute Gasteiger partial charge is 0.253 e. The monoisotopic (exact) mass is 481 g/mol. The van der Waals surface area contributed by atoms with Gasteiger partial charge >= 0.3 is 0 Å². The molecule has 1 saturated heterocycles. The zero-order valence-corrected chi connectivity index (χ0v) is 20.0. The molecule has 33 heavy (non-hydrogen) atoms. The minimum atomic E-state index is -3.67. The Morgan fingerprint density at radius 3 is 2.42 bits per heavy atom. The maximum atomic E-state index is 13.3. The van der Waals surface area contributed by atoms with Gasteiger partial charge in [0.2, 0.25) is 10.0 Å². The third kappa shape index (κ3) is 4.75. The summed E-state index contributed by atoms with van der Waals surface area (Å²) >= 11 is 1.75. The van der Waals surface area contributed by atoms with Gasteiger partial charge in [-0.15, -0.1) is 11.3 Å². The third-order valence-corrected chi connectivity index (χ3v) is 9.14. The molecular weight excluding hydrogens is 454 g/mol. The van der Waals surface area contributed by atoms with E-state index in [9.17, 15) is 13.2 Å². The van der Waals surface area contributed by atoms with Gasteiger partial charge in [-0.1, -0.05) is 36.4 Å². The summed E-state index contributed by atoms with van der Waals surface area (Å²) < 4.78 is 28.2. The highest BCUT2D eigenvalue weighted by atomic mass is 32.2. The summed E-state index contributed by atoms with van der Waals surface area (Å²) in [6.07, 6.45) is 0.698. The van der Waals surface area contributed by atoms with Crippen LogP contribution in [0, 0.1) is 0 Å². The largest absolute Gasteiger partial charge is 0.336 e. The summed E-state index contributed by atoms with van der Waals surface area (Å²) in [7, 11) is -3.67. The molecule has 2 aliphatic rings. The fourth-order valence-corrected chi connectivity index (χ4v) is 6.74. The number of nitrogens with zero attached hydrogens (tertiary/aromatic N) is 3. The fourth-order valence-electron chi connectivity index (χ4n) is 4.53. The van der Waals surface area contributed by atoms with Crippen LogP contribution in [0.25, 0.3) is 0 Å². The lowest BCUT2D eigenvalue weighted by molar-refractivity contribution is 0.0629. The van der Waals surface area contributed by atoms with E-state index in [1.54, 1.807) is 29.5 Å². The number of hydrogen-bond acceptors (Lipinski definition) is 5.